The Labute approximate surface area is 105 Å². The smallest absolute Gasteiger partial charge is 0.157 e. The van der Waals surface area contributed by atoms with Gasteiger partial charge in [0, 0.05) is 23.8 Å². The van der Waals surface area contributed by atoms with Gasteiger partial charge < -0.3 is 5.11 Å². The third kappa shape index (κ3) is 3.02. The van der Waals surface area contributed by atoms with Gasteiger partial charge in [-0.3, -0.25) is 0 Å². The van der Waals surface area contributed by atoms with E-state index in [1.807, 2.05) is 25.1 Å². The van der Waals surface area contributed by atoms with Gasteiger partial charge in [-0.2, -0.15) is 0 Å². The van der Waals surface area contributed by atoms with Crippen LogP contribution in [-0.4, -0.2) is 15.1 Å². The van der Waals surface area contributed by atoms with E-state index in [2.05, 4.69) is 9.97 Å². The Morgan fingerprint density at radius 1 is 1.29 bits per heavy atom. The molecule has 88 valence electrons. The molecule has 0 fully saturated rings. The Balaban J connectivity index is 2.16. The number of aliphatic hydroxyl groups is 1. The van der Waals surface area contributed by atoms with E-state index < -0.39 is 6.10 Å². The molecule has 0 aliphatic heterocycles. The quantitative estimate of drug-likeness (QED) is 0.909. The Bertz CT molecular complexity index is 502. The molecular weight excluding hydrogens is 236 g/mol. The van der Waals surface area contributed by atoms with Gasteiger partial charge in [0.2, 0.25) is 0 Å². The summed E-state index contributed by atoms with van der Waals surface area (Å²) in [5.41, 5.74) is 2.00. The predicted molar refractivity (Wildman–Crippen MR) is 66.9 cm³/mol. The van der Waals surface area contributed by atoms with Gasteiger partial charge >= 0.3 is 0 Å². The van der Waals surface area contributed by atoms with Gasteiger partial charge in [-0.25, -0.2) is 9.97 Å². The summed E-state index contributed by atoms with van der Waals surface area (Å²) in [5, 5.41) is 10.7. The zero-order valence-corrected chi connectivity index (χ0v) is 10.2. The van der Waals surface area contributed by atoms with Gasteiger partial charge in [0.15, 0.2) is 5.82 Å². The monoisotopic (exact) mass is 248 g/mol. The highest BCUT2D eigenvalue weighted by Crippen LogP contribution is 2.22. The summed E-state index contributed by atoms with van der Waals surface area (Å²) >= 11 is 6.11. The van der Waals surface area contributed by atoms with Crippen LogP contribution in [0, 0.1) is 6.92 Å². The molecular formula is C13H13ClN2O. The van der Waals surface area contributed by atoms with Crippen LogP contribution >= 0.6 is 11.6 Å². The molecule has 0 amide bonds. The summed E-state index contributed by atoms with van der Waals surface area (Å²) in [5.74, 6) is 0.421. The minimum atomic E-state index is -0.726. The highest BCUT2D eigenvalue weighted by molar-refractivity contribution is 6.31. The predicted octanol–water partition coefficient (Wildman–Crippen LogP) is 2.71. The van der Waals surface area contributed by atoms with E-state index in [1.54, 1.807) is 18.5 Å². The van der Waals surface area contributed by atoms with Crippen molar-refractivity contribution in [1.82, 2.24) is 9.97 Å². The second kappa shape index (κ2) is 5.25. The van der Waals surface area contributed by atoms with Crippen molar-refractivity contribution in [1.29, 1.82) is 0 Å². The summed E-state index contributed by atoms with van der Waals surface area (Å²) < 4.78 is 0. The van der Waals surface area contributed by atoms with E-state index in [0.717, 1.165) is 11.1 Å². The van der Waals surface area contributed by atoms with Crippen molar-refractivity contribution < 1.29 is 5.11 Å². The number of aliphatic hydroxyl groups excluding tert-OH is 1. The van der Waals surface area contributed by atoms with Crippen LogP contribution in [0.3, 0.4) is 0 Å². The lowest BCUT2D eigenvalue weighted by Gasteiger charge is -2.10. The molecule has 0 aliphatic rings. The van der Waals surface area contributed by atoms with Gasteiger partial charge in [0.05, 0.1) is 0 Å². The summed E-state index contributed by atoms with van der Waals surface area (Å²) in [6.07, 6.45) is 2.92. The van der Waals surface area contributed by atoms with Crippen molar-refractivity contribution in [3.8, 4) is 0 Å². The van der Waals surface area contributed by atoms with Crippen molar-refractivity contribution in [3.05, 3.63) is 58.6 Å². The number of benzene rings is 1. The summed E-state index contributed by atoms with van der Waals surface area (Å²) in [6.45, 7) is 1.98. The molecule has 1 aromatic heterocycles. The molecule has 2 rings (SSSR count). The lowest BCUT2D eigenvalue weighted by molar-refractivity contribution is 0.168. The van der Waals surface area contributed by atoms with Crippen LogP contribution in [0.4, 0.5) is 0 Å². The first-order valence-corrected chi connectivity index (χ1v) is 5.74. The third-order valence-electron chi connectivity index (χ3n) is 2.51. The molecule has 0 bridgehead atoms. The van der Waals surface area contributed by atoms with Crippen LogP contribution < -0.4 is 0 Å². The number of halogens is 1. The zero-order chi connectivity index (χ0) is 12.3. The van der Waals surface area contributed by atoms with E-state index >= 15 is 0 Å². The molecule has 0 aliphatic carbocycles. The SMILES string of the molecule is Cc1ccc(CC(O)c2ncccn2)c(Cl)c1. The molecule has 1 unspecified atom stereocenters. The van der Waals surface area contributed by atoms with E-state index in [4.69, 9.17) is 11.6 Å². The van der Waals surface area contributed by atoms with Gasteiger partial charge in [0.25, 0.3) is 0 Å². The van der Waals surface area contributed by atoms with E-state index in [0.29, 0.717) is 17.3 Å². The molecule has 1 aromatic carbocycles. The van der Waals surface area contributed by atoms with Crippen LogP contribution in [0.15, 0.2) is 36.7 Å². The standard InChI is InChI=1S/C13H13ClN2O/c1-9-3-4-10(11(14)7-9)8-12(17)13-15-5-2-6-16-13/h2-7,12,17H,8H2,1H3. The molecule has 3 nitrogen and oxygen atoms in total. The van der Waals surface area contributed by atoms with Crippen molar-refractivity contribution in [2.45, 2.75) is 19.4 Å². The Kier molecular flexibility index (Phi) is 3.71. The van der Waals surface area contributed by atoms with Crippen LogP contribution in [0.25, 0.3) is 0 Å². The highest BCUT2D eigenvalue weighted by Gasteiger charge is 2.12. The fraction of sp³-hybridized carbons (Fsp3) is 0.231. The number of nitrogens with zero attached hydrogens (tertiary/aromatic N) is 2. The first-order valence-electron chi connectivity index (χ1n) is 5.37. The highest BCUT2D eigenvalue weighted by atomic mass is 35.5. The summed E-state index contributed by atoms with van der Waals surface area (Å²) in [7, 11) is 0. The second-order valence-electron chi connectivity index (χ2n) is 3.92. The van der Waals surface area contributed by atoms with Crippen molar-refractivity contribution >= 4 is 11.6 Å². The molecule has 0 spiro atoms. The van der Waals surface area contributed by atoms with Crippen LogP contribution in [0.2, 0.25) is 5.02 Å². The minimum absolute atomic E-state index is 0.420. The van der Waals surface area contributed by atoms with Crippen LogP contribution in [-0.2, 0) is 6.42 Å². The average Bonchev–Trinajstić information content (AvgIpc) is 2.34. The summed E-state index contributed by atoms with van der Waals surface area (Å²) in [4.78, 5) is 8.04. The largest absolute Gasteiger partial charge is 0.385 e. The first kappa shape index (κ1) is 12.0. The molecule has 0 saturated carbocycles. The van der Waals surface area contributed by atoms with Gasteiger partial charge in [-0.1, -0.05) is 23.7 Å². The second-order valence-corrected chi connectivity index (χ2v) is 4.33. The van der Waals surface area contributed by atoms with Crippen LogP contribution in [0.1, 0.15) is 23.1 Å². The third-order valence-corrected chi connectivity index (χ3v) is 2.86. The van der Waals surface area contributed by atoms with E-state index in [9.17, 15) is 5.11 Å². The van der Waals surface area contributed by atoms with Crippen molar-refractivity contribution in [2.75, 3.05) is 0 Å². The van der Waals surface area contributed by atoms with Gasteiger partial charge in [-0.05, 0) is 30.2 Å². The fourth-order valence-corrected chi connectivity index (χ4v) is 1.91. The molecule has 2 aromatic rings. The normalized spacial score (nSPS) is 12.4. The molecule has 1 atom stereocenters. The maximum Gasteiger partial charge on any atom is 0.157 e. The van der Waals surface area contributed by atoms with E-state index in [1.165, 1.54) is 0 Å². The topological polar surface area (TPSA) is 46.0 Å². The number of hydrogen-bond donors (Lipinski definition) is 1. The Morgan fingerprint density at radius 2 is 2.00 bits per heavy atom. The number of hydrogen-bond acceptors (Lipinski definition) is 3. The fourth-order valence-electron chi connectivity index (χ4n) is 1.60. The Morgan fingerprint density at radius 3 is 2.65 bits per heavy atom. The van der Waals surface area contributed by atoms with Gasteiger partial charge in [0.1, 0.15) is 6.10 Å². The molecule has 1 N–H and O–H groups in total. The average molecular weight is 249 g/mol. The zero-order valence-electron chi connectivity index (χ0n) is 9.47. The molecule has 1 heterocycles. The number of rotatable bonds is 3. The molecule has 4 heteroatoms. The molecule has 0 saturated heterocycles. The van der Waals surface area contributed by atoms with Crippen molar-refractivity contribution in [3.63, 3.8) is 0 Å². The van der Waals surface area contributed by atoms with Crippen LogP contribution in [0.5, 0.6) is 0 Å². The van der Waals surface area contributed by atoms with Crippen molar-refractivity contribution in [2.24, 2.45) is 0 Å². The molecule has 17 heavy (non-hydrogen) atoms. The summed E-state index contributed by atoms with van der Waals surface area (Å²) in [6, 6.07) is 7.49. The minimum Gasteiger partial charge on any atom is -0.385 e. The maximum absolute atomic E-state index is 9.98. The number of aromatic nitrogens is 2. The van der Waals surface area contributed by atoms with E-state index in [-0.39, 0.29) is 0 Å². The lowest BCUT2D eigenvalue weighted by Crippen LogP contribution is -2.06. The first-order chi connectivity index (χ1) is 8.16. The molecule has 0 radical (unpaired) electrons. The van der Waals surface area contributed by atoms with Gasteiger partial charge in [-0.15, -0.1) is 0 Å². The Hall–Kier alpha value is -1.45. The lowest BCUT2D eigenvalue weighted by atomic mass is 10.1. The number of aryl methyl sites for hydroxylation is 1. The maximum atomic E-state index is 9.98.